The number of benzene rings is 1. The standard InChI is InChI=1S/C17H28N2O3S/c1-6-16(17(20)18-12-11-13(2)3)19(23(5,21)22)15-9-7-14(4)8-10-15/h7-10,13,16H,6,11-12H2,1-5H3,(H,18,20)/t16-/m1/s1. The summed E-state index contributed by atoms with van der Waals surface area (Å²) >= 11 is 0. The average molecular weight is 340 g/mol. The molecule has 1 N–H and O–H groups in total. The van der Waals surface area contributed by atoms with Crippen LogP contribution in [0.4, 0.5) is 5.69 Å². The van der Waals surface area contributed by atoms with Gasteiger partial charge in [-0.2, -0.15) is 0 Å². The van der Waals surface area contributed by atoms with E-state index in [0.29, 0.717) is 24.6 Å². The molecule has 0 saturated heterocycles. The lowest BCUT2D eigenvalue weighted by Crippen LogP contribution is -2.49. The van der Waals surface area contributed by atoms with Gasteiger partial charge in [0.15, 0.2) is 0 Å². The second-order valence-corrected chi connectivity index (χ2v) is 8.15. The number of anilines is 1. The summed E-state index contributed by atoms with van der Waals surface area (Å²) in [4.78, 5) is 12.5. The van der Waals surface area contributed by atoms with Gasteiger partial charge in [-0.1, -0.05) is 38.5 Å². The first-order chi connectivity index (χ1) is 10.7. The Balaban J connectivity index is 3.03. The Morgan fingerprint density at radius 2 is 1.78 bits per heavy atom. The lowest BCUT2D eigenvalue weighted by atomic mass is 10.1. The highest BCUT2D eigenvalue weighted by molar-refractivity contribution is 7.92. The van der Waals surface area contributed by atoms with E-state index in [1.165, 1.54) is 4.31 Å². The third-order valence-corrected chi connectivity index (χ3v) is 4.82. The summed E-state index contributed by atoms with van der Waals surface area (Å²) < 4.78 is 25.7. The molecule has 0 aliphatic carbocycles. The summed E-state index contributed by atoms with van der Waals surface area (Å²) in [6, 6.07) is 6.43. The second-order valence-electron chi connectivity index (χ2n) is 6.29. The number of hydrogen-bond donors (Lipinski definition) is 1. The molecule has 0 aliphatic rings. The van der Waals surface area contributed by atoms with Crippen LogP contribution in [0.15, 0.2) is 24.3 Å². The molecule has 0 bridgehead atoms. The SMILES string of the molecule is CC[C@H](C(=O)NCCC(C)C)N(c1ccc(C)cc1)S(C)(=O)=O. The number of carbonyl (C=O) groups is 1. The molecule has 1 amide bonds. The number of hydrogen-bond acceptors (Lipinski definition) is 3. The minimum Gasteiger partial charge on any atom is -0.354 e. The average Bonchev–Trinajstić information content (AvgIpc) is 2.44. The molecule has 130 valence electrons. The molecule has 0 radical (unpaired) electrons. The van der Waals surface area contributed by atoms with Gasteiger partial charge in [0.1, 0.15) is 6.04 Å². The van der Waals surface area contributed by atoms with Gasteiger partial charge in [-0.15, -0.1) is 0 Å². The summed E-state index contributed by atoms with van der Waals surface area (Å²) in [6.07, 6.45) is 2.41. The summed E-state index contributed by atoms with van der Waals surface area (Å²) in [6.45, 7) is 8.47. The molecule has 1 aromatic carbocycles. The highest BCUT2D eigenvalue weighted by atomic mass is 32.2. The first-order valence-corrected chi connectivity index (χ1v) is 9.85. The molecule has 0 heterocycles. The summed E-state index contributed by atoms with van der Waals surface area (Å²) in [7, 11) is -3.56. The third kappa shape index (κ3) is 5.86. The van der Waals surface area contributed by atoms with Gasteiger partial charge in [-0.05, 0) is 37.8 Å². The van der Waals surface area contributed by atoms with E-state index in [1.54, 1.807) is 12.1 Å². The molecular formula is C17H28N2O3S. The Labute approximate surface area is 140 Å². The molecule has 6 heteroatoms. The zero-order valence-corrected chi connectivity index (χ0v) is 15.5. The van der Waals surface area contributed by atoms with Crippen molar-refractivity contribution in [2.45, 2.75) is 46.6 Å². The van der Waals surface area contributed by atoms with E-state index >= 15 is 0 Å². The van der Waals surface area contributed by atoms with Crippen molar-refractivity contribution >= 4 is 21.6 Å². The lowest BCUT2D eigenvalue weighted by Gasteiger charge is -2.30. The second kappa shape index (κ2) is 8.34. The van der Waals surface area contributed by atoms with Crippen LogP contribution in [0.3, 0.4) is 0 Å². The molecule has 0 saturated carbocycles. The van der Waals surface area contributed by atoms with Crippen LogP contribution in [0, 0.1) is 12.8 Å². The van der Waals surface area contributed by atoms with Crippen molar-refractivity contribution in [3.05, 3.63) is 29.8 Å². The van der Waals surface area contributed by atoms with Gasteiger partial charge < -0.3 is 5.32 Å². The number of sulfonamides is 1. The van der Waals surface area contributed by atoms with E-state index in [0.717, 1.165) is 18.2 Å². The van der Waals surface area contributed by atoms with E-state index in [1.807, 2.05) is 26.0 Å². The fourth-order valence-electron chi connectivity index (χ4n) is 2.35. The fourth-order valence-corrected chi connectivity index (χ4v) is 3.57. The van der Waals surface area contributed by atoms with E-state index in [9.17, 15) is 13.2 Å². The molecule has 0 aromatic heterocycles. The highest BCUT2D eigenvalue weighted by Gasteiger charge is 2.31. The van der Waals surface area contributed by atoms with E-state index in [4.69, 9.17) is 0 Å². The van der Waals surface area contributed by atoms with E-state index in [-0.39, 0.29) is 5.91 Å². The first-order valence-electron chi connectivity index (χ1n) is 8.00. The predicted molar refractivity (Wildman–Crippen MR) is 95.0 cm³/mol. The Kier molecular flexibility index (Phi) is 7.06. The van der Waals surface area contributed by atoms with Crippen molar-refractivity contribution in [3.63, 3.8) is 0 Å². The van der Waals surface area contributed by atoms with E-state index < -0.39 is 16.1 Å². The molecular weight excluding hydrogens is 312 g/mol. The van der Waals surface area contributed by atoms with Gasteiger partial charge in [-0.25, -0.2) is 8.42 Å². The normalized spacial score (nSPS) is 13.0. The molecule has 0 aliphatic heterocycles. The molecule has 0 unspecified atom stereocenters. The molecule has 1 atom stereocenters. The fraction of sp³-hybridized carbons (Fsp3) is 0.588. The van der Waals surface area contributed by atoms with Gasteiger partial charge in [0.05, 0.1) is 11.9 Å². The maximum Gasteiger partial charge on any atom is 0.243 e. The number of aryl methyl sites for hydroxylation is 1. The Hall–Kier alpha value is -1.56. The third-order valence-electron chi connectivity index (χ3n) is 3.64. The van der Waals surface area contributed by atoms with Crippen molar-refractivity contribution in [1.29, 1.82) is 0 Å². The van der Waals surface area contributed by atoms with Crippen LogP contribution in [0.5, 0.6) is 0 Å². The molecule has 0 fully saturated rings. The Morgan fingerprint density at radius 3 is 2.22 bits per heavy atom. The maximum atomic E-state index is 12.5. The van der Waals surface area contributed by atoms with Gasteiger partial charge >= 0.3 is 0 Å². The van der Waals surface area contributed by atoms with Crippen molar-refractivity contribution in [3.8, 4) is 0 Å². The predicted octanol–water partition coefficient (Wildman–Crippen LogP) is 2.70. The Morgan fingerprint density at radius 1 is 1.22 bits per heavy atom. The number of nitrogens with one attached hydrogen (secondary N) is 1. The van der Waals surface area contributed by atoms with Crippen molar-refractivity contribution in [2.75, 3.05) is 17.1 Å². The lowest BCUT2D eigenvalue weighted by molar-refractivity contribution is -0.122. The number of rotatable bonds is 8. The molecule has 5 nitrogen and oxygen atoms in total. The largest absolute Gasteiger partial charge is 0.354 e. The molecule has 0 spiro atoms. The summed E-state index contributed by atoms with van der Waals surface area (Å²) in [5.74, 6) is 0.234. The summed E-state index contributed by atoms with van der Waals surface area (Å²) in [5.41, 5.74) is 1.56. The van der Waals surface area contributed by atoms with Gasteiger partial charge in [0.25, 0.3) is 0 Å². The van der Waals surface area contributed by atoms with Gasteiger partial charge in [-0.3, -0.25) is 9.10 Å². The quantitative estimate of drug-likeness (QED) is 0.791. The molecule has 23 heavy (non-hydrogen) atoms. The van der Waals surface area contributed by atoms with Gasteiger partial charge in [0, 0.05) is 6.54 Å². The molecule has 1 rings (SSSR count). The van der Waals surface area contributed by atoms with Gasteiger partial charge in [0.2, 0.25) is 15.9 Å². The van der Waals surface area contributed by atoms with Crippen LogP contribution in [0.25, 0.3) is 0 Å². The van der Waals surface area contributed by atoms with Crippen molar-refractivity contribution < 1.29 is 13.2 Å². The minimum absolute atomic E-state index is 0.251. The minimum atomic E-state index is -3.56. The van der Waals surface area contributed by atoms with Crippen LogP contribution >= 0.6 is 0 Å². The molecule has 1 aromatic rings. The van der Waals surface area contributed by atoms with Crippen LogP contribution in [-0.4, -0.2) is 33.2 Å². The number of carbonyl (C=O) groups excluding carboxylic acids is 1. The smallest absolute Gasteiger partial charge is 0.243 e. The van der Waals surface area contributed by atoms with E-state index in [2.05, 4.69) is 19.2 Å². The summed E-state index contributed by atoms with van der Waals surface area (Å²) in [5, 5.41) is 2.85. The van der Waals surface area contributed by atoms with Crippen LogP contribution in [0.1, 0.15) is 39.2 Å². The van der Waals surface area contributed by atoms with Crippen LogP contribution in [-0.2, 0) is 14.8 Å². The Bertz CT molecular complexity index is 609. The number of amides is 1. The van der Waals surface area contributed by atoms with Crippen molar-refractivity contribution in [1.82, 2.24) is 5.32 Å². The number of nitrogens with zero attached hydrogens (tertiary/aromatic N) is 1. The highest BCUT2D eigenvalue weighted by Crippen LogP contribution is 2.23. The van der Waals surface area contributed by atoms with Crippen LogP contribution in [0.2, 0.25) is 0 Å². The maximum absolute atomic E-state index is 12.5. The zero-order valence-electron chi connectivity index (χ0n) is 14.7. The zero-order chi connectivity index (χ0) is 17.6. The van der Waals surface area contributed by atoms with Crippen molar-refractivity contribution in [2.24, 2.45) is 5.92 Å². The first kappa shape index (κ1) is 19.5. The topological polar surface area (TPSA) is 66.5 Å². The monoisotopic (exact) mass is 340 g/mol. The van der Waals surface area contributed by atoms with Crippen LogP contribution < -0.4 is 9.62 Å².